The smallest absolute Gasteiger partial charge is 0.412 e. The van der Waals surface area contributed by atoms with Gasteiger partial charge in [0.2, 0.25) is 0 Å². The summed E-state index contributed by atoms with van der Waals surface area (Å²) in [6.45, 7) is 8.45. The standard InChI is InChI=1S/C15H19F3NO2/c1-9-6-11(8-15(16,17)18)7-10(2)12(9)19-13(20)21-14(3,4)5/h6-8H,1-5H3,(H,19,20). The molecule has 117 valence electrons. The molecule has 1 N–H and O–H groups in total. The van der Waals surface area contributed by atoms with Crippen molar-refractivity contribution >= 4 is 11.8 Å². The average molecular weight is 302 g/mol. The maximum absolute atomic E-state index is 12.4. The number of alkyl halides is 3. The third kappa shape index (κ3) is 6.06. The van der Waals surface area contributed by atoms with Crippen LogP contribution in [0.3, 0.4) is 0 Å². The van der Waals surface area contributed by atoms with E-state index in [4.69, 9.17) is 4.74 Å². The number of hydrogen-bond donors (Lipinski definition) is 1. The summed E-state index contributed by atoms with van der Waals surface area (Å²) in [5.41, 5.74) is 0.944. The summed E-state index contributed by atoms with van der Waals surface area (Å²) in [5, 5.41) is 2.57. The van der Waals surface area contributed by atoms with Crippen molar-refractivity contribution in [3.8, 4) is 0 Å². The quantitative estimate of drug-likeness (QED) is 0.855. The Balaban J connectivity index is 2.93. The van der Waals surface area contributed by atoms with Crippen molar-refractivity contribution in [1.82, 2.24) is 0 Å². The van der Waals surface area contributed by atoms with Crippen LogP contribution in [0.25, 0.3) is 0 Å². The molecule has 6 heteroatoms. The molecule has 0 fully saturated rings. The Hall–Kier alpha value is -1.72. The van der Waals surface area contributed by atoms with Crippen molar-refractivity contribution in [2.24, 2.45) is 0 Å². The molecule has 3 nitrogen and oxygen atoms in total. The summed E-state index contributed by atoms with van der Waals surface area (Å²) in [6, 6.07) is 2.74. The minimum Gasteiger partial charge on any atom is -0.444 e. The summed E-state index contributed by atoms with van der Waals surface area (Å²) in [5.74, 6) is 0. The van der Waals surface area contributed by atoms with Crippen LogP contribution in [0.1, 0.15) is 37.5 Å². The Kier molecular flexibility index (Phi) is 4.91. The largest absolute Gasteiger partial charge is 0.444 e. The molecule has 0 saturated carbocycles. The maximum Gasteiger partial charge on any atom is 0.412 e. The number of anilines is 1. The molecule has 21 heavy (non-hydrogen) atoms. The van der Waals surface area contributed by atoms with Gasteiger partial charge in [-0.3, -0.25) is 5.32 Å². The second-order valence-electron chi connectivity index (χ2n) is 5.84. The van der Waals surface area contributed by atoms with Gasteiger partial charge in [-0.2, -0.15) is 13.2 Å². The lowest BCUT2D eigenvalue weighted by Crippen LogP contribution is -2.27. The minimum absolute atomic E-state index is 0.0484. The van der Waals surface area contributed by atoms with Crippen LogP contribution >= 0.6 is 0 Å². The van der Waals surface area contributed by atoms with E-state index in [0.717, 1.165) is 0 Å². The van der Waals surface area contributed by atoms with E-state index in [1.165, 1.54) is 12.1 Å². The van der Waals surface area contributed by atoms with Crippen molar-refractivity contribution in [3.05, 3.63) is 35.2 Å². The van der Waals surface area contributed by atoms with Gasteiger partial charge < -0.3 is 4.74 Å². The SMILES string of the molecule is Cc1cc([CH]C(F)(F)F)cc(C)c1NC(=O)OC(C)(C)C. The van der Waals surface area contributed by atoms with Crippen molar-refractivity contribution in [3.63, 3.8) is 0 Å². The molecular weight excluding hydrogens is 283 g/mol. The molecule has 1 aromatic rings. The number of carbonyl (C=O) groups excluding carboxylic acids is 1. The van der Waals surface area contributed by atoms with Crippen molar-refractivity contribution in [2.75, 3.05) is 5.32 Å². The number of aryl methyl sites for hydroxylation is 2. The predicted octanol–water partition coefficient (Wildman–Crippen LogP) is 4.77. The van der Waals surface area contributed by atoms with E-state index in [9.17, 15) is 18.0 Å². The van der Waals surface area contributed by atoms with E-state index in [2.05, 4.69) is 5.32 Å². The van der Waals surface area contributed by atoms with E-state index in [1.54, 1.807) is 34.6 Å². The Morgan fingerprint density at radius 1 is 1.14 bits per heavy atom. The summed E-state index contributed by atoms with van der Waals surface area (Å²) in [4.78, 5) is 11.7. The molecule has 1 amide bonds. The van der Waals surface area contributed by atoms with Crippen LogP contribution in [0.15, 0.2) is 12.1 Å². The van der Waals surface area contributed by atoms with Crippen molar-refractivity contribution in [1.29, 1.82) is 0 Å². The van der Waals surface area contributed by atoms with E-state index >= 15 is 0 Å². The number of rotatable bonds is 2. The van der Waals surface area contributed by atoms with Crippen LogP contribution in [0, 0.1) is 20.3 Å². The van der Waals surface area contributed by atoms with Gasteiger partial charge >= 0.3 is 12.3 Å². The summed E-state index contributed by atoms with van der Waals surface area (Å²) < 4.78 is 42.2. The number of ether oxygens (including phenoxy) is 1. The molecule has 0 bridgehead atoms. The van der Waals surface area contributed by atoms with Gasteiger partial charge in [0.1, 0.15) is 5.60 Å². The molecule has 0 spiro atoms. The summed E-state index contributed by atoms with van der Waals surface area (Å²) in [6.07, 6.45) is -4.79. The average Bonchev–Trinajstić information content (AvgIpc) is 2.18. The first-order valence-electron chi connectivity index (χ1n) is 6.41. The van der Waals surface area contributed by atoms with Gasteiger partial charge in [-0.05, 0) is 51.3 Å². The van der Waals surface area contributed by atoms with E-state index in [-0.39, 0.29) is 12.0 Å². The number of amides is 1. The number of halogens is 3. The van der Waals surface area contributed by atoms with Gasteiger partial charge in [-0.25, -0.2) is 4.79 Å². The normalized spacial score (nSPS) is 12.2. The number of hydrogen-bond acceptors (Lipinski definition) is 2. The Morgan fingerprint density at radius 3 is 2.00 bits per heavy atom. The lowest BCUT2D eigenvalue weighted by Gasteiger charge is -2.21. The van der Waals surface area contributed by atoms with Crippen LogP contribution in [0.5, 0.6) is 0 Å². The first kappa shape index (κ1) is 17.3. The molecular formula is C15H19F3NO2. The van der Waals surface area contributed by atoms with Crippen LogP contribution in [0.2, 0.25) is 0 Å². The first-order chi connectivity index (χ1) is 9.37. The van der Waals surface area contributed by atoms with Crippen LogP contribution in [0.4, 0.5) is 23.7 Å². The number of benzene rings is 1. The van der Waals surface area contributed by atoms with Crippen molar-refractivity contribution in [2.45, 2.75) is 46.4 Å². The van der Waals surface area contributed by atoms with E-state index < -0.39 is 17.9 Å². The molecule has 0 aliphatic heterocycles. The third-order valence-corrected chi connectivity index (χ3v) is 2.51. The monoisotopic (exact) mass is 302 g/mol. The topological polar surface area (TPSA) is 38.3 Å². The Labute approximate surface area is 122 Å². The second kappa shape index (κ2) is 5.95. The number of carbonyl (C=O) groups is 1. The van der Waals surface area contributed by atoms with Gasteiger partial charge in [0.05, 0.1) is 6.42 Å². The molecule has 0 atom stereocenters. The Bertz CT molecular complexity index is 508. The van der Waals surface area contributed by atoms with Crippen LogP contribution in [-0.4, -0.2) is 17.9 Å². The molecule has 0 heterocycles. The zero-order valence-corrected chi connectivity index (χ0v) is 12.7. The molecule has 1 radical (unpaired) electrons. The predicted molar refractivity (Wildman–Crippen MR) is 75.2 cm³/mol. The van der Waals surface area contributed by atoms with Crippen molar-refractivity contribution < 1.29 is 22.7 Å². The van der Waals surface area contributed by atoms with Crippen LogP contribution < -0.4 is 5.32 Å². The fourth-order valence-corrected chi connectivity index (χ4v) is 1.87. The highest BCUT2D eigenvalue weighted by Gasteiger charge is 2.28. The second-order valence-corrected chi connectivity index (χ2v) is 5.84. The molecule has 0 aliphatic rings. The third-order valence-electron chi connectivity index (χ3n) is 2.51. The summed E-state index contributed by atoms with van der Waals surface area (Å²) >= 11 is 0. The van der Waals surface area contributed by atoms with Gasteiger partial charge in [0, 0.05) is 5.69 Å². The highest BCUT2D eigenvalue weighted by Crippen LogP contribution is 2.28. The van der Waals surface area contributed by atoms with Gasteiger partial charge in [0.25, 0.3) is 0 Å². The Morgan fingerprint density at radius 2 is 1.62 bits per heavy atom. The molecule has 1 aromatic carbocycles. The lowest BCUT2D eigenvalue weighted by molar-refractivity contribution is -0.0927. The van der Waals surface area contributed by atoms with Crippen LogP contribution in [-0.2, 0) is 4.74 Å². The molecule has 0 unspecified atom stereocenters. The fraction of sp³-hybridized carbons (Fsp3) is 0.467. The minimum atomic E-state index is -4.38. The zero-order chi connectivity index (χ0) is 16.4. The molecule has 1 rings (SSSR count). The first-order valence-corrected chi connectivity index (χ1v) is 6.41. The molecule has 0 aromatic heterocycles. The van der Waals surface area contributed by atoms with Gasteiger partial charge in [-0.15, -0.1) is 0 Å². The van der Waals surface area contributed by atoms with Gasteiger partial charge in [-0.1, -0.05) is 12.1 Å². The highest BCUT2D eigenvalue weighted by molar-refractivity contribution is 5.87. The number of nitrogens with one attached hydrogen (secondary N) is 1. The van der Waals surface area contributed by atoms with Gasteiger partial charge in [0.15, 0.2) is 0 Å². The summed E-state index contributed by atoms with van der Waals surface area (Å²) in [7, 11) is 0. The van der Waals surface area contributed by atoms with E-state index in [1.807, 2.05) is 0 Å². The highest BCUT2D eigenvalue weighted by atomic mass is 19.4. The molecule has 0 saturated heterocycles. The molecule has 0 aliphatic carbocycles. The fourth-order valence-electron chi connectivity index (χ4n) is 1.87. The zero-order valence-electron chi connectivity index (χ0n) is 12.7. The van der Waals surface area contributed by atoms with E-state index in [0.29, 0.717) is 16.8 Å². The lowest BCUT2D eigenvalue weighted by atomic mass is 10.0. The maximum atomic E-state index is 12.4.